The first-order valence-corrected chi connectivity index (χ1v) is 11.8. The predicted molar refractivity (Wildman–Crippen MR) is 116 cm³/mol. The van der Waals surface area contributed by atoms with Crippen LogP contribution < -0.4 is 5.32 Å². The Kier molecular flexibility index (Phi) is 6.88. The SMILES string of the molecule is O=P(O)(O)OC[C@H]1O[C@@H](n2cnc3c(NCc4c(O)c(Cl)cc(Cl)c4O)ncnc32)[C@H](O)[C@@H]1O. The van der Waals surface area contributed by atoms with Gasteiger partial charge in [0.05, 0.1) is 28.5 Å². The van der Waals surface area contributed by atoms with Crippen LogP contribution in [0.4, 0.5) is 5.82 Å². The highest BCUT2D eigenvalue weighted by molar-refractivity contribution is 7.46. The second kappa shape index (κ2) is 9.41. The van der Waals surface area contributed by atoms with E-state index in [0.717, 1.165) is 0 Å². The summed E-state index contributed by atoms with van der Waals surface area (Å²) in [6, 6.07) is 1.20. The Balaban J connectivity index is 1.58. The Hall–Kier alpha value is -2.26. The summed E-state index contributed by atoms with van der Waals surface area (Å²) in [6.45, 7) is -0.803. The Labute approximate surface area is 200 Å². The zero-order valence-corrected chi connectivity index (χ0v) is 19.3. The number of anilines is 1. The summed E-state index contributed by atoms with van der Waals surface area (Å²) < 4.78 is 22.1. The van der Waals surface area contributed by atoms with Crippen molar-refractivity contribution in [3.05, 3.63) is 34.3 Å². The van der Waals surface area contributed by atoms with E-state index in [4.69, 9.17) is 37.7 Å². The number of hydrogen-bond acceptors (Lipinski definition) is 11. The van der Waals surface area contributed by atoms with Gasteiger partial charge in [-0.3, -0.25) is 9.09 Å². The molecular weight excluding hydrogens is 520 g/mol. The molecule has 0 unspecified atom stereocenters. The number of phenols is 2. The van der Waals surface area contributed by atoms with Crippen molar-refractivity contribution in [2.24, 2.45) is 0 Å². The molecule has 0 aliphatic carbocycles. The Morgan fingerprint density at radius 2 is 1.79 bits per heavy atom. The monoisotopic (exact) mass is 537 g/mol. The highest BCUT2D eigenvalue weighted by Crippen LogP contribution is 2.41. The second-order valence-electron chi connectivity index (χ2n) is 7.25. The van der Waals surface area contributed by atoms with Gasteiger partial charge in [0, 0.05) is 6.54 Å². The van der Waals surface area contributed by atoms with E-state index < -0.39 is 39.0 Å². The molecule has 1 aliphatic heterocycles. The molecule has 1 fully saturated rings. The summed E-state index contributed by atoms with van der Waals surface area (Å²) in [5, 5.41) is 43.7. The third-order valence-electron chi connectivity index (χ3n) is 5.09. The van der Waals surface area contributed by atoms with E-state index in [1.807, 2.05) is 0 Å². The van der Waals surface area contributed by atoms with E-state index in [9.17, 15) is 25.0 Å². The molecule has 0 radical (unpaired) electrons. The minimum Gasteiger partial charge on any atom is -0.506 e. The van der Waals surface area contributed by atoms with Crippen LogP contribution >= 0.6 is 31.0 Å². The molecule has 184 valence electrons. The summed E-state index contributed by atoms with van der Waals surface area (Å²) >= 11 is 11.8. The number of phosphoric ester groups is 1. The van der Waals surface area contributed by atoms with Crippen LogP contribution in [0.15, 0.2) is 18.7 Å². The second-order valence-corrected chi connectivity index (χ2v) is 9.30. The number of rotatable bonds is 7. The van der Waals surface area contributed by atoms with Gasteiger partial charge in [-0.15, -0.1) is 0 Å². The van der Waals surface area contributed by atoms with Gasteiger partial charge in [0.2, 0.25) is 0 Å². The lowest BCUT2D eigenvalue weighted by atomic mass is 10.1. The van der Waals surface area contributed by atoms with Crippen molar-refractivity contribution in [3.63, 3.8) is 0 Å². The summed E-state index contributed by atoms with van der Waals surface area (Å²) in [6.07, 6.45) is -2.98. The van der Waals surface area contributed by atoms with Gasteiger partial charge in [-0.1, -0.05) is 23.2 Å². The smallest absolute Gasteiger partial charge is 0.469 e. The molecule has 3 aromatic rings. The number of fused-ring (bicyclic) bond motifs is 1. The van der Waals surface area contributed by atoms with E-state index in [1.54, 1.807) is 0 Å². The van der Waals surface area contributed by atoms with Crippen molar-refractivity contribution in [1.29, 1.82) is 0 Å². The molecule has 0 amide bonds. The van der Waals surface area contributed by atoms with Crippen molar-refractivity contribution < 1.29 is 44.0 Å². The summed E-state index contributed by atoms with van der Waals surface area (Å²) in [7, 11) is -4.81. The normalized spacial score (nSPS) is 23.0. The maximum Gasteiger partial charge on any atom is 0.469 e. The van der Waals surface area contributed by atoms with Crippen LogP contribution in [0.5, 0.6) is 11.5 Å². The minimum atomic E-state index is -4.81. The topological polar surface area (TPSA) is 213 Å². The van der Waals surface area contributed by atoms with Crippen LogP contribution in [-0.4, -0.2) is 74.7 Å². The quantitative estimate of drug-likeness (QED) is 0.209. The number of imidazole rings is 1. The van der Waals surface area contributed by atoms with Gasteiger partial charge >= 0.3 is 7.82 Å². The maximum absolute atomic E-state index is 10.9. The fourth-order valence-electron chi connectivity index (χ4n) is 3.42. The van der Waals surface area contributed by atoms with Crippen LogP contribution in [0.3, 0.4) is 0 Å². The van der Waals surface area contributed by atoms with E-state index >= 15 is 0 Å². The lowest BCUT2D eigenvalue weighted by molar-refractivity contribution is -0.0504. The Morgan fingerprint density at radius 1 is 1.12 bits per heavy atom. The fraction of sp³-hybridized carbons (Fsp3) is 0.353. The van der Waals surface area contributed by atoms with E-state index in [-0.39, 0.29) is 50.6 Å². The number of aromatic hydroxyl groups is 2. The molecule has 3 heterocycles. The van der Waals surface area contributed by atoms with Crippen LogP contribution in [0, 0.1) is 0 Å². The number of phosphoric acid groups is 1. The molecule has 17 heteroatoms. The number of aliphatic hydroxyl groups is 2. The summed E-state index contributed by atoms with van der Waals surface area (Å²) in [4.78, 5) is 30.1. The lowest BCUT2D eigenvalue weighted by Crippen LogP contribution is -2.33. The van der Waals surface area contributed by atoms with E-state index in [2.05, 4.69) is 24.8 Å². The molecule has 2 aromatic heterocycles. The molecule has 0 saturated carbocycles. The number of benzene rings is 1. The first-order valence-electron chi connectivity index (χ1n) is 9.49. The predicted octanol–water partition coefficient (Wildman–Crippen LogP) is 0.885. The average molecular weight is 538 g/mol. The van der Waals surface area contributed by atoms with Gasteiger partial charge in [-0.25, -0.2) is 19.5 Å². The number of nitrogens with one attached hydrogen (secondary N) is 1. The van der Waals surface area contributed by atoms with Crippen molar-refractivity contribution in [2.75, 3.05) is 11.9 Å². The number of phenolic OH excluding ortho intramolecular Hbond substituents is 2. The zero-order chi connectivity index (χ0) is 24.8. The van der Waals surface area contributed by atoms with Crippen LogP contribution in [0.2, 0.25) is 10.0 Å². The number of hydrogen-bond donors (Lipinski definition) is 7. The highest BCUT2D eigenvalue weighted by atomic mass is 35.5. The molecule has 7 N–H and O–H groups in total. The molecule has 0 bridgehead atoms. The largest absolute Gasteiger partial charge is 0.506 e. The number of nitrogens with zero attached hydrogens (tertiary/aromatic N) is 4. The van der Waals surface area contributed by atoms with Crippen LogP contribution in [0.25, 0.3) is 11.2 Å². The van der Waals surface area contributed by atoms with Crippen molar-refractivity contribution in [1.82, 2.24) is 19.5 Å². The van der Waals surface area contributed by atoms with E-state index in [1.165, 1.54) is 23.3 Å². The van der Waals surface area contributed by atoms with Crippen molar-refractivity contribution in [2.45, 2.75) is 31.1 Å². The standard InChI is InChI=1S/C17H18Cl2N5O9P/c18-7-1-8(19)12(26)6(11(7)25)2-20-15-10-16(22-4-21-15)24(5-23-10)17-14(28)13(27)9(33-17)3-32-34(29,30)31/h1,4-5,9,13-14,17,25-28H,2-3H2,(H,20,21,22)(H2,29,30,31)/t9-,13-,14-,17-/m1/s1. The van der Waals surface area contributed by atoms with Crippen molar-refractivity contribution >= 4 is 48.0 Å². The molecule has 4 atom stereocenters. The van der Waals surface area contributed by atoms with E-state index in [0.29, 0.717) is 0 Å². The molecule has 1 aliphatic rings. The first kappa shape index (κ1) is 24.9. The maximum atomic E-state index is 10.9. The summed E-state index contributed by atoms with van der Waals surface area (Å²) in [5.74, 6) is -0.549. The Bertz CT molecular complexity index is 1250. The molecular formula is C17H18Cl2N5O9P. The molecule has 0 spiro atoms. The minimum absolute atomic E-state index is 0.0225. The molecule has 1 aromatic carbocycles. The highest BCUT2D eigenvalue weighted by Gasteiger charge is 2.45. The first-order chi connectivity index (χ1) is 16.0. The number of halogens is 2. The van der Waals surface area contributed by atoms with Gasteiger partial charge in [-0.05, 0) is 6.07 Å². The van der Waals surface area contributed by atoms with Gasteiger partial charge in [-0.2, -0.15) is 0 Å². The third-order valence-corrected chi connectivity index (χ3v) is 6.15. The van der Waals surface area contributed by atoms with Crippen molar-refractivity contribution in [3.8, 4) is 11.5 Å². The Morgan fingerprint density at radius 3 is 2.44 bits per heavy atom. The average Bonchev–Trinajstić information content (AvgIpc) is 3.32. The van der Waals surface area contributed by atoms with Gasteiger partial charge in [0.15, 0.2) is 23.2 Å². The number of ether oxygens (including phenoxy) is 1. The molecule has 1 saturated heterocycles. The van der Waals surface area contributed by atoms with Gasteiger partial charge < -0.3 is 40.3 Å². The van der Waals surface area contributed by atoms with Gasteiger partial charge in [0.1, 0.15) is 36.1 Å². The molecule has 4 rings (SSSR count). The molecule has 34 heavy (non-hydrogen) atoms. The lowest BCUT2D eigenvalue weighted by Gasteiger charge is -2.16. The number of aromatic nitrogens is 4. The zero-order valence-electron chi connectivity index (χ0n) is 16.9. The molecule has 14 nitrogen and oxygen atoms in total. The third kappa shape index (κ3) is 4.77. The fourth-order valence-corrected chi connectivity index (χ4v) is 4.27. The summed E-state index contributed by atoms with van der Waals surface area (Å²) in [5.41, 5.74) is 0.423. The number of aliphatic hydroxyl groups excluding tert-OH is 2. The van der Waals surface area contributed by atoms with Crippen LogP contribution in [0.1, 0.15) is 11.8 Å². The van der Waals surface area contributed by atoms with Gasteiger partial charge in [0.25, 0.3) is 0 Å². The van der Waals surface area contributed by atoms with Crippen LogP contribution in [-0.2, 0) is 20.4 Å².